The molecule has 0 fully saturated rings. The summed E-state index contributed by atoms with van der Waals surface area (Å²) in [5, 5.41) is 8.61. The van der Waals surface area contributed by atoms with Crippen molar-refractivity contribution in [1.29, 1.82) is 0 Å². The van der Waals surface area contributed by atoms with Gasteiger partial charge in [0.05, 0.1) is 14.2 Å². The van der Waals surface area contributed by atoms with Crippen molar-refractivity contribution in [3.63, 3.8) is 0 Å². The van der Waals surface area contributed by atoms with Gasteiger partial charge >= 0.3 is 5.97 Å². The van der Waals surface area contributed by atoms with Gasteiger partial charge in [-0.1, -0.05) is 22.4 Å². The molecule has 0 aromatic heterocycles. The summed E-state index contributed by atoms with van der Waals surface area (Å²) in [6.45, 7) is 0. The number of aliphatic carboxylic acids is 1. The molecule has 0 aliphatic heterocycles. The molecule has 0 bridgehead atoms. The second-order valence-corrected chi connectivity index (χ2v) is 5.33. The highest BCUT2D eigenvalue weighted by Gasteiger charge is 2.17. The molecule has 1 atom stereocenters. The maximum Gasteiger partial charge on any atom is 0.303 e. The Labute approximate surface area is 127 Å². The molecule has 0 heterocycles. The van der Waals surface area contributed by atoms with E-state index in [1.54, 1.807) is 20.3 Å². The van der Waals surface area contributed by atoms with Crippen molar-refractivity contribution in [1.82, 2.24) is 0 Å². The monoisotopic (exact) mass is 345 g/mol. The Hall–Kier alpha value is -1.27. The fourth-order valence-corrected chi connectivity index (χ4v) is 2.72. The molecule has 0 saturated heterocycles. The Morgan fingerprint density at radius 3 is 2.60 bits per heavy atom. The summed E-state index contributed by atoms with van der Waals surface area (Å²) in [6, 6.07) is 3.42. The maximum absolute atomic E-state index is 10.5. The summed E-state index contributed by atoms with van der Waals surface area (Å²) in [6.07, 6.45) is 2.26. The van der Waals surface area contributed by atoms with E-state index in [4.69, 9.17) is 20.3 Å². The van der Waals surface area contributed by atoms with Gasteiger partial charge in [-0.25, -0.2) is 0 Å². The van der Waals surface area contributed by atoms with Crippen LogP contribution in [0, 0.1) is 0 Å². The SMILES string of the molecule is COc1cc(Br)c(C(N)CCCCC(=O)O)c(OC)c1. The molecule has 1 rings (SSSR count). The van der Waals surface area contributed by atoms with Crippen molar-refractivity contribution in [2.75, 3.05) is 14.2 Å². The second-order valence-electron chi connectivity index (χ2n) is 4.47. The molecule has 0 aliphatic rings. The molecular formula is C14H20BrNO4. The smallest absolute Gasteiger partial charge is 0.303 e. The van der Waals surface area contributed by atoms with Crippen molar-refractivity contribution in [3.05, 3.63) is 22.2 Å². The van der Waals surface area contributed by atoms with Gasteiger partial charge in [-0.2, -0.15) is 0 Å². The number of unbranched alkanes of at least 4 members (excludes halogenated alkanes) is 1. The van der Waals surface area contributed by atoms with Gasteiger partial charge in [-0.05, 0) is 18.9 Å². The Bertz CT molecular complexity index is 465. The number of halogens is 1. The first-order valence-corrected chi connectivity index (χ1v) is 7.17. The molecule has 3 N–H and O–H groups in total. The lowest BCUT2D eigenvalue weighted by atomic mass is 10.00. The van der Waals surface area contributed by atoms with E-state index in [9.17, 15) is 4.79 Å². The number of hydrogen-bond acceptors (Lipinski definition) is 4. The van der Waals surface area contributed by atoms with Gasteiger partial charge in [-0.15, -0.1) is 0 Å². The zero-order chi connectivity index (χ0) is 15.1. The first kappa shape index (κ1) is 16.8. The predicted molar refractivity (Wildman–Crippen MR) is 80.3 cm³/mol. The zero-order valence-electron chi connectivity index (χ0n) is 11.7. The van der Waals surface area contributed by atoms with E-state index in [0.29, 0.717) is 24.3 Å². The molecule has 0 saturated carbocycles. The van der Waals surface area contributed by atoms with E-state index >= 15 is 0 Å². The number of methoxy groups -OCH3 is 2. The Morgan fingerprint density at radius 2 is 2.05 bits per heavy atom. The average Bonchev–Trinajstić information content (AvgIpc) is 2.41. The van der Waals surface area contributed by atoms with Crippen LogP contribution >= 0.6 is 15.9 Å². The number of ether oxygens (including phenoxy) is 2. The third-order valence-corrected chi connectivity index (χ3v) is 3.70. The molecule has 1 unspecified atom stereocenters. The number of benzene rings is 1. The van der Waals surface area contributed by atoms with E-state index in [2.05, 4.69) is 15.9 Å². The van der Waals surface area contributed by atoms with Crippen LogP contribution < -0.4 is 15.2 Å². The second kappa shape index (κ2) is 8.11. The summed E-state index contributed by atoms with van der Waals surface area (Å²) < 4.78 is 11.4. The Balaban J connectivity index is 2.76. The summed E-state index contributed by atoms with van der Waals surface area (Å²) in [5.74, 6) is 0.583. The van der Waals surface area contributed by atoms with E-state index in [1.165, 1.54) is 0 Å². The Kier molecular flexibility index (Phi) is 6.81. The van der Waals surface area contributed by atoms with Crippen LogP contribution in [0.3, 0.4) is 0 Å². The van der Waals surface area contributed by atoms with Crippen LogP contribution in [-0.4, -0.2) is 25.3 Å². The fraction of sp³-hybridized carbons (Fsp3) is 0.500. The highest BCUT2D eigenvalue weighted by Crippen LogP contribution is 2.37. The van der Waals surface area contributed by atoms with Crippen molar-refractivity contribution in [3.8, 4) is 11.5 Å². The molecule has 0 radical (unpaired) electrons. The standard InChI is InChI=1S/C14H20BrNO4/c1-19-9-7-10(15)14(12(8-9)20-2)11(16)5-3-4-6-13(17)18/h7-8,11H,3-6,16H2,1-2H3,(H,17,18). The number of carboxylic acids is 1. The lowest BCUT2D eigenvalue weighted by Crippen LogP contribution is -2.13. The van der Waals surface area contributed by atoms with Crippen molar-refractivity contribution < 1.29 is 19.4 Å². The quantitative estimate of drug-likeness (QED) is 0.707. The molecule has 0 spiro atoms. The molecular weight excluding hydrogens is 326 g/mol. The molecule has 1 aromatic rings. The average molecular weight is 346 g/mol. The number of carboxylic acid groups (broad SMARTS) is 1. The van der Waals surface area contributed by atoms with Crippen molar-refractivity contribution in [2.45, 2.75) is 31.7 Å². The topological polar surface area (TPSA) is 81.8 Å². The number of rotatable bonds is 8. The third-order valence-electron chi connectivity index (χ3n) is 3.05. The molecule has 6 heteroatoms. The van der Waals surface area contributed by atoms with Crippen LogP contribution in [0.1, 0.15) is 37.3 Å². The van der Waals surface area contributed by atoms with Crippen molar-refractivity contribution in [2.24, 2.45) is 5.73 Å². The summed E-state index contributed by atoms with van der Waals surface area (Å²) in [7, 11) is 3.18. The van der Waals surface area contributed by atoms with Crippen LogP contribution in [0.5, 0.6) is 11.5 Å². The van der Waals surface area contributed by atoms with E-state index < -0.39 is 5.97 Å². The first-order chi connectivity index (χ1) is 9.49. The Morgan fingerprint density at radius 1 is 1.35 bits per heavy atom. The molecule has 20 heavy (non-hydrogen) atoms. The van der Waals surface area contributed by atoms with Crippen LogP contribution in [0.15, 0.2) is 16.6 Å². The highest BCUT2D eigenvalue weighted by molar-refractivity contribution is 9.10. The minimum Gasteiger partial charge on any atom is -0.497 e. The van der Waals surface area contributed by atoms with Crippen LogP contribution in [0.4, 0.5) is 0 Å². The highest BCUT2D eigenvalue weighted by atomic mass is 79.9. The van der Waals surface area contributed by atoms with Crippen LogP contribution in [0.2, 0.25) is 0 Å². The van der Waals surface area contributed by atoms with Gasteiger partial charge in [0.1, 0.15) is 11.5 Å². The molecule has 0 aliphatic carbocycles. The van der Waals surface area contributed by atoms with Gasteiger partial charge in [0.25, 0.3) is 0 Å². The largest absolute Gasteiger partial charge is 0.497 e. The number of hydrogen-bond donors (Lipinski definition) is 2. The third kappa shape index (κ3) is 4.68. The van der Waals surface area contributed by atoms with Gasteiger partial charge in [-0.3, -0.25) is 4.79 Å². The van der Waals surface area contributed by atoms with Crippen LogP contribution in [-0.2, 0) is 4.79 Å². The molecule has 5 nitrogen and oxygen atoms in total. The van der Waals surface area contributed by atoms with Gasteiger partial charge in [0, 0.05) is 28.6 Å². The first-order valence-electron chi connectivity index (χ1n) is 6.38. The van der Waals surface area contributed by atoms with E-state index in [-0.39, 0.29) is 12.5 Å². The number of nitrogens with two attached hydrogens (primary N) is 1. The van der Waals surface area contributed by atoms with Crippen molar-refractivity contribution >= 4 is 21.9 Å². The van der Waals surface area contributed by atoms with Crippen LogP contribution in [0.25, 0.3) is 0 Å². The minimum absolute atomic E-state index is 0.174. The van der Waals surface area contributed by atoms with E-state index in [1.807, 2.05) is 6.07 Å². The predicted octanol–water partition coefficient (Wildman–Crippen LogP) is 3.11. The maximum atomic E-state index is 10.5. The fourth-order valence-electron chi connectivity index (χ4n) is 2.00. The normalized spacial score (nSPS) is 12.0. The summed E-state index contributed by atoms with van der Waals surface area (Å²) >= 11 is 3.48. The molecule has 0 amide bonds. The van der Waals surface area contributed by atoms with Gasteiger partial charge in [0.2, 0.25) is 0 Å². The van der Waals surface area contributed by atoms with Gasteiger partial charge in [0.15, 0.2) is 0 Å². The number of carbonyl (C=O) groups is 1. The summed E-state index contributed by atoms with van der Waals surface area (Å²) in [4.78, 5) is 10.5. The summed E-state index contributed by atoms with van der Waals surface area (Å²) in [5.41, 5.74) is 7.06. The molecule has 1 aromatic carbocycles. The van der Waals surface area contributed by atoms with Gasteiger partial charge < -0.3 is 20.3 Å². The molecule has 112 valence electrons. The minimum atomic E-state index is -0.776. The lowest BCUT2D eigenvalue weighted by molar-refractivity contribution is -0.137. The zero-order valence-corrected chi connectivity index (χ0v) is 13.3. The lowest BCUT2D eigenvalue weighted by Gasteiger charge is -2.18. The van der Waals surface area contributed by atoms with E-state index in [0.717, 1.165) is 16.5 Å².